The van der Waals surface area contributed by atoms with Gasteiger partial charge in [-0.25, -0.2) is 0 Å². The molecule has 13 heteroatoms. The molecule has 1 N–H and O–H groups in total. The Morgan fingerprint density at radius 1 is 0.920 bits per heavy atom. The molecular weight excluding hydrogens is 664 g/mol. The van der Waals surface area contributed by atoms with Gasteiger partial charge in [0.2, 0.25) is 5.78 Å². The smallest absolute Gasteiger partial charge is 0.307 e. The Kier molecular flexibility index (Phi) is 13.3. The quantitative estimate of drug-likeness (QED) is 0.0950. The van der Waals surface area contributed by atoms with E-state index >= 15 is 0 Å². The molecule has 3 aliphatic rings. The number of thiol groups is 1. The number of carbonyl (C=O) groups excluding carboxylic acids is 4. The zero-order chi connectivity index (χ0) is 35.5. The summed E-state index contributed by atoms with van der Waals surface area (Å²) in [6, 6.07) is 9.36. The van der Waals surface area contributed by atoms with E-state index in [1.54, 1.807) is 17.6 Å². The number of anilines is 1. The van der Waals surface area contributed by atoms with E-state index in [0.717, 1.165) is 54.7 Å². The molecule has 3 aliphatic heterocycles. The molecule has 0 saturated carbocycles. The van der Waals surface area contributed by atoms with Crippen LogP contribution in [0.2, 0.25) is 0 Å². The molecule has 0 spiro atoms. The fourth-order valence-electron chi connectivity index (χ4n) is 6.60. The van der Waals surface area contributed by atoms with Crippen LogP contribution in [0.15, 0.2) is 40.7 Å². The van der Waals surface area contributed by atoms with Crippen molar-refractivity contribution in [1.29, 1.82) is 0 Å². The molecule has 12 nitrogen and oxygen atoms in total. The molecule has 0 amide bonds. The molecule has 0 aliphatic carbocycles. The molecule has 0 radical (unpaired) electrons. The number of nitrogens with one attached hydrogen (secondary N) is 1. The number of ether oxygens (including phenoxy) is 5. The van der Waals surface area contributed by atoms with Gasteiger partial charge in [-0.3, -0.25) is 24.0 Å². The fraction of sp³-hybridized carbons (Fsp3) is 0.541. The van der Waals surface area contributed by atoms with E-state index in [4.69, 9.17) is 23.7 Å². The number of hydrogen-bond donors (Lipinski definition) is 2. The van der Waals surface area contributed by atoms with Crippen molar-refractivity contribution in [3.05, 3.63) is 68.6 Å². The topological polar surface area (TPSA) is 148 Å². The molecule has 2 unspecified atom stereocenters. The van der Waals surface area contributed by atoms with Gasteiger partial charge in [0.25, 0.3) is 5.56 Å². The van der Waals surface area contributed by atoms with Crippen LogP contribution in [0, 0.1) is 0 Å². The minimum Gasteiger partial charge on any atom is -0.463 e. The number of hydrogen-bond acceptors (Lipinski definition) is 12. The Morgan fingerprint density at radius 3 is 2.38 bits per heavy atom. The summed E-state index contributed by atoms with van der Waals surface area (Å²) in [4.78, 5) is 64.7. The van der Waals surface area contributed by atoms with Gasteiger partial charge in [0, 0.05) is 29.9 Å². The number of esters is 3. The van der Waals surface area contributed by atoms with Gasteiger partial charge in [0.05, 0.1) is 44.3 Å². The molecule has 2 atom stereocenters. The number of benzene rings is 1. The number of pyridine rings is 1. The van der Waals surface area contributed by atoms with E-state index in [1.807, 2.05) is 24.3 Å². The van der Waals surface area contributed by atoms with E-state index in [9.17, 15) is 24.0 Å². The van der Waals surface area contributed by atoms with Crippen molar-refractivity contribution in [2.24, 2.45) is 0 Å². The van der Waals surface area contributed by atoms with E-state index in [2.05, 4.69) is 24.0 Å². The lowest BCUT2D eigenvalue weighted by molar-refractivity contribution is -0.172. The number of para-hydroxylation sites is 1. The maximum Gasteiger partial charge on any atom is 0.307 e. The van der Waals surface area contributed by atoms with Crippen LogP contribution in [-0.4, -0.2) is 67.0 Å². The first-order chi connectivity index (χ1) is 24.3. The number of Topliss-reactive ketones (excluding diaryl/α,β-unsaturated/α-hetero) is 1. The van der Waals surface area contributed by atoms with Gasteiger partial charge < -0.3 is 33.6 Å². The Morgan fingerprint density at radius 2 is 1.62 bits per heavy atom. The first-order valence-corrected chi connectivity index (χ1v) is 18.1. The predicted molar refractivity (Wildman–Crippen MR) is 188 cm³/mol. The second-order valence-electron chi connectivity index (χ2n) is 12.6. The number of ketones is 1. The molecule has 5 rings (SSSR count). The molecule has 50 heavy (non-hydrogen) atoms. The molecule has 0 bridgehead atoms. The predicted octanol–water partition coefficient (Wildman–Crippen LogP) is 4.81. The molecule has 270 valence electrons. The largest absolute Gasteiger partial charge is 0.463 e. The molecule has 4 heterocycles. The highest BCUT2D eigenvalue weighted by Gasteiger charge is 2.48. The van der Waals surface area contributed by atoms with Gasteiger partial charge in [-0.1, -0.05) is 44.4 Å². The molecule has 1 aromatic heterocycles. The highest BCUT2D eigenvalue weighted by molar-refractivity contribution is 7.80. The molecular formula is C37H46N2O10S. The second-order valence-corrected chi connectivity index (χ2v) is 13.0. The normalized spacial score (nSPS) is 18.8. The van der Waals surface area contributed by atoms with Crippen LogP contribution < -0.4 is 10.9 Å². The number of aromatic nitrogens is 1. The van der Waals surface area contributed by atoms with Crippen molar-refractivity contribution >= 4 is 48.1 Å². The van der Waals surface area contributed by atoms with Gasteiger partial charge in [0.15, 0.2) is 5.60 Å². The number of carbonyl (C=O) groups is 4. The summed E-state index contributed by atoms with van der Waals surface area (Å²) in [6.45, 7) is 2.02. The van der Waals surface area contributed by atoms with Crippen LogP contribution in [-0.2, 0) is 61.6 Å². The van der Waals surface area contributed by atoms with Crippen molar-refractivity contribution in [3.8, 4) is 0 Å². The summed E-state index contributed by atoms with van der Waals surface area (Å²) in [5.74, 6) is -1.26. The lowest BCUT2D eigenvalue weighted by atomic mass is 9.84. The summed E-state index contributed by atoms with van der Waals surface area (Å²) in [7, 11) is 0. The Hall–Kier alpha value is -3.94. The summed E-state index contributed by atoms with van der Waals surface area (Å²) in [6.07, 6.45) is 6.99. The highest BCUT2D eigenvalue weighted by Crippen LogP contribution is 2.43. The number of fused-ring (bicyclic) bond motifs is 5. The SMILES string of the molecule is CCC1(OC(=O)CCC(=O)OCCOCCOC(=O)CCCCCCCS)C(=O)COCc2c1cc1n(c2=O)CC2=Cc3ccccc3NC21. The Balaban J connectivity index is 1.10. The molecule has 0 saturated heterocycles. The summed E-state index contributed by atoms with van der Waals surface area (Å²) in [5.41, 5.74) is 2.19. The summed E-state index contributed by atoms with van der Waals surface area (Å²) in [5, 5.41) is 3.51. The first-order valence-electron chi connectivity index (χ1n) is 17.4. The monoisotopic (exact) mass is 710 g/mol. The fourth-order valence-corrected chi connectivity index (χ4v) is 6.82. The number of unbranched alkanes of at least 4 members (excludes halogenated alkanes) is 4. The van der Waals surface area contributed by atoms with Crippen molar-refractivity contribution < 1.29 is 42.9 Å². The van der Waals surface area contributed by atoms with Gasteiger partial charge in [0.1, 0.15) is 19.8 Å². The molecule has 1 aromatic carbocycles. The van der Waals surface area contributed by atoms with E-state index in [1.165, 1.54) is 0 Å². The minimum atomic E-state index is -1.75. The molecule has 2 aromatic rings. The van der Waals surface area contributed by atoms with Crippen molar-refractivity contribution in [1.82, 2.24) is 4.57 Å². The van der Waals surface area contributed by atoms with Crippen molar-refractivity contribution in [2.75, 3.05) is 44.1 Å². The zero-order valence-corrected chi connectivity index (χ0v) is 29.4. The van der Waals surface area contributed by atoms with Gasteiger partial charge in [-0.2, -0.15) is 12.6 Å². The standard InChI is InChI=1S/C37H46N2O10S/c1-2-37(49-34(43)14-13-33(42)48-18-16-45-15-17-47-32(41)12-6-4-3-5-9-19-50)28-21-30-35-26(20-25-10-7-8-11-29(25)38-35)22-39(30)36(44)27(28)23-46-24-31(37)40/h7-8,10-11,20-21,35,38,50H,2-6,9,12-19,22-24H2,1H3. The van der Waals surface area contributed by atoms with Gasteiger partial charge in [-0.05, 0) is 54.4 Å². The van der Waals surface area contributed by atoms with Crippen LogP contribution in [0.25, 0.3) is 6.08 Å². The maximum absolute atomic E-state index is 13.9. The zero-order valence-electron chi connectivity index (χ0n) is 28.5. The van der Waals surface area contributed by atoms with Crippen LogP contribution in [0.4, 0.5) is 5.69 Å². The first kappa shape index (κ1) is 37.3. The summed E-state index contributed by atoms with van der Waals surface area (Å²) < 4.78 is 28.9. The van der Waals surface area contributed by atoms with E-state index < -0.39 is 23.3 Å². The van der Waals surface area contributed by atoms with Crippen LogP contribution >= 0.6 is 12.6 Å². The maximum atomic E-state index is 13.9. The average molecular weight is 711 g/mol. The van der Waals surface area contributed by atoms with Crippen LogP contribution in [0.1, 0.15) is 93.1 Å². The van der Waals surface area contributed by atoms with E-state index in [0.29, 0.717) is 24.2 Å². The van der Waals surface area contributed by atoms with Crippen LogP contribution in [0.5, 0.6) is 0 Å². The van der Waals surface area contributed by atoms with Gasteiger partial charge in [-0.15, -0.1) is 0 Å². The minimum absolute atomic E-state index is 0.0403. The Labute approximate surface area is 297 Å². The number of nitrogens with zero attached hydrogens (tertiary/aromatic N) is 1. The number of rotatable bonds is 18. The highest BCUT2D eigenvalue weighted by atomic mass is 32.1. The lowest BCUT2D eigenvalue weighted by Gasteiger charge is -2.32. The third-order valence-corrected chi connectivity index (χ3v) is 9.56. The molecule has 0 fully saturated rings. The van der Waals surface area contributed by atoms with Gasteiger partial charge >= 0.3 is 17.9 Å². The third-order valence-electron chi connectivity index (χ3n) is 9.25. The third kappa shape index (κ3) is 8.85. The average Bonchev–Trinajstić information content (AvgIpc) is 3.41. The van der Waals surface area contributed by atoms with E-state index in [-0.39, 0.29) is 82.0 Å². The van der Waals surface area contributed by atoms with Crippen molar-refractivity contribution in [3.63, 3.8) is 0 Å². The second kappa shape index (κ2) is 17.8. The van der Waals surface area contributed by atoms with Crippen molar-refractivity contribution in [2.45, 2.75) is 89.5 Å². The lowest BCUT2D eigenvalue weighted by Crippen LogP contribution is -2.43. The Bertz CT molecular complexity index is 1650. The summed E-state index contributed by atoms with van der Waals surface area (Å²) >= 11 is 4.19. The van der Waals surface area contributed by atoms with Crippen LogP contribution in [0.3, 0.4) is 0 Å².